The number of nitrogens with two attached hydrogens (primary N) is 3. The Hall–Kier alpha value is -4.00. The maximum absolute atomic E-state index is 13.6. The van der Waals surface area contributed by atoms with E-state index in [1.165, 1.54) is 11.1 Å². The molecular formula is C27H41N9O4. The van der Waals surface area contributed by atoms with E-state index in [4.69, 9.17) is 17.2 Å². The number of carbonyl (C=O) groups excluding carboxylic acids is 4. The van der Waals surface area contributed by atoms with E-state index in [9.17, 15) is 19.2 Å². The summed E-state index contributed by atoms with van der Waals surface area (Å²) in [6.45, 7) is 2.06. The van der Waals surface area contributed by atoms with E-state index >= 15 is 0 Å². The molecule has 4 amide bonds. The van der Waals surface area contributed by atoms with Gasteiger partial charge in [-0.2, -0.15) is 4.68 Å². The van der Waals surface area contributed by atoms with Crippen LogP contribution in [0.5, 0.6) is 0 Å². The molecule has 2 aromatic rings. The van der Waals surface area contributed by atoms with Crippen molar-refractivity contribution in [3.8, 4) is 0 Å². The van der Waals surface area contributed by atoms with Gasteiger partial charge in [-0.05, 0) is 51.1 Å². The van der Waals surface area contributed by atoms with Gasteiger partial charge < -0.3 is 32.7 Å². The van der Waals surface area contributed by atoms with Crippen LogP contribution in [0.3, 0.4) is 0 Å². The summed E-state index contributed by atoms with van der Waals surface area (Å²) in [7, 11) is 0. The molecular weight excluding hydrogens is 514 g/mol. The van der Waals surface area contributed by atoms with Gasteiger partial charge in [-0.15, -0.1) is 5.10 Å². The molecule has 1 heterocycles. The Bertz CT molecular complexity index is 1130. The van der Waals surface area contributed by atoms with Crippen molar-refractivity contribution in [3.63, 3.8) is 0 Å². The zero-order valence-corrected chi connectivity index (χ0v) is 23.0. The molecule has 13 nitrogen and oxygen atoms in total. The molecule has 0 bridgehead atoms. The van der Waals surface area contributed by atoms with Crippen LogP contribution in [0.15, 0.2) is 36.5 Å². The number of primary amides is 1. The molecule has 40 heavy (non-hydrogen) atoms. The minimum atomic E-state index is -0.959. The van der Waals surface area contributed by atoms with Crippen LogP contribution in [-0.2, 0) is 20.8 Å². The number of benzene rings is 1. The van der Waals surface area contributed by atoms with Crippen LogP contribution in [0.4, 0.5) is 10.6 Å². The Morgan fingerprint density at radius 2 is 1.70 bits per heavy atom. The number of carbonyl (C=O) groups is 4. The minimum absolute atomic E-state index is 0.0881. The summed E-state index contributed by atoms with van der Waals surface area (Å²) in [5, 5.41) is 13.0. The number of amides is 4. The molecule has 1 fully saturated rings. The van der Waals surface area contributed by atoms with Crippen LogP contribution >= 0.6 is 0 Å². The lowest BCUT2D eigenvalue weighted by atomic mass is 9.93. The Labute approximate surface area is 234 Å². The van der Waals surface area contributed by atoms with Crippen molar-refractivity contribution in [1.29, 1.82) is 0 Å². The van der Waals surface area contributed by atoms with Gasteiger partial charge in [0.2, 0.25) is 17.7 Å². The van der Waals surface area contributed by atoms with Gasteiger partial charge in [0.05, 0.1) is 6.20 Å². The molecule has 1 aromatic heterocycles. The molecule has 1 aromatic carbocycles. The number of nitrogens with zero attached hydrogens (tertiary/aromatic N) is 4. The number of nitrogen functional groups attached to an aromatic ring is 1. The number of nitrogens with one attached hydrogen (secondary N) is 2. The predicted octanol–water partition coefficient (Wildman–Crippen LogP) is 0.678. The Kier molecular flexibility index (Phi) is 11.4. The average molecular weight is 556 g/mol. The van der Waals surface area contributed by atoms with E-state index in [0.717, 1.165) is 42.3 Å². The fourth-order valence-corrected chi connectivity index (χ4v) is 5.01. The highest BCUT2D eigenvalue weighted by Crippen LogP contribution is 2.25. The van der Waals surface area contributed by atoms with E-state index in [1.807, 2.05) is 30.3 Å². The van der Waals surface area contributed by atoms with Crippen LogP contribution in [0.25, 0.3) is 0 Å². The Morgan fingerprint density at radius 3 is 2.30 bits per heavy atom. The van der Waals surface area contributed by atoms with Crippen molar-refractivity contribution in [3.05, 3.63) is 42.1 Å². The van der Waals surface area contributed by atoms with Crippen LogP contribution < -0.4 is 27.8 Å². The lowest BCUT2D eigenvalue weighted by Crippen LogP contribution is -2.58. The molecule has 3 rings (SSSR count). The predicted molar refractivity (Wildman–Crippen MR) is 150 cm³/mol. The van der Waals surface area contributed by atoms with Crippen LogP contribution in [0.1, 0.15) is 63.9 Å². The summed E-state index contributed by atoms with van der Waals surface area (Å²) in [4.78, 5) is 54.0. The minimum Gasteiger partial charge on any atom is -0.381 e. The van der Waals surface area contributed by atoms with Gasteiger partial charge in [0.25, 0.3) is 0 Å². The number of hydrogen-bond donors (Lipinski definition) is 5. The highest BCUT2D eigenvalue weighted by molar-refractivity contribution is 5.94. The van der Waals surface area contributed by atoms with E-state index in [1.54, 1.807) is 6.92 Å². The van der Waals surface area contributed by atoms with Gasteiger partial charge in [0, 0.05) is 12.5 Å². The summed E-state index contributed by atoms with van der Waals surface area (Å²) in [5.41, 5.74) is 17.7. The second kappa shape index (κ2) is 15.0. The molecule has 0 radical (unpaired) electrons. The first-order chi connectivity index (χ1) is 19.2. The highest BCUT2D eigenvalue weighted by Gasteiger charge is 2.36. The monoisotopic (exact) mass is 555 g/mol. The third kappa shape index (κ3) is 8.50. The van der Waals surface area contributed by atoms with Gasteiger partial charge >= 0.3 is 6.03 Å². The molecule has 1 aliphatic carbocycles. The molecule has 3 unspecified atom stereocenters. The van der Waals surface area contributed by atoms with Gasteiger partial charge in [-0.3, -0.25) is 14.4 Å². The number of anilines is 1. The standard InChI is InChI=1S/C27H41N9O4/c1-18(36(20-12-6-3-7-13-20)27(40)35-17-23(29)33-34-35)25(38)31-21(14-8-9-15-28)26(39)32-22(24(30)37)16-19-10-4-2-5-11-19/h2,4-5,10-11,17-18,20-22H,3,6-9,12-16,28-29H2,1H3,(H2,30,37)(H,31,38)(H,32,39). The molecule has 1 aliphatic rings. The van der Waals surface area contributed by atoms with E-state index < -0.39 is 41.9 Å². The van der Waals surface area contributed by atoms with Crippen molar-refractivity contribution in [2.45, 2.75) is 88.9 Å². The highest BCUT2D eigenvalue weighted by atomic mass is 16.2. The summed E-state index contributed by atoms with van der Waals surface area (Å²) in [6, 6.07) is 5.67. The number of hydrogen-bond acceptors (Lipinski definition) is 8. The number of rotatable bonds is 13. The van der Waals surface area contributed by atoms with Gasteiger partial charge in [-0.25, -0.2) is 4.79 Å². The van der Waals surface area contributed by atoms with Crippen molar-refractivity contribution in [2.24, 2.45) is 11.5 Å². The third-order valence-electron chi connectivity index (χ3n) is 7.22. The first kappa shape index (κ1) is 30.5. The topological polar surface area (TPSA) is 204 Å². The van der Waals surface area contributed by atoms with Crippen molar-refractivity contribution in [2.75, 3.05) is 12.3 Å². The summed E-state index contributed by atoms with van der Waals surface area (Å²) in [5.74, 6) is -1.63. The normalized spacial score (nSPS) is 15.9. The third-order valence-corrected chi connectivity index (χ3v) is 7.22. The molecule has 0 aliphatic heterocycles. The molecule has 218 valence electrons. The molecule has 0 saturated heterocycles. The molecule has 8 N–H and O–H groups in total. The maximum atomic E-state index is 13.6. The van der Waals surface area contributed by atoms with Crippen molar-refractivity contribution < 1.29 is 19.2 Å². The maximum Gasteiger partial charge on any atom is 0.347 e. The van der Waals surface area contributed by atoms with Gasteiger partial charge in [0.15, 0.2) is 5.82 Å². The van der Waals surface area contributed by atoms with Crippen molar-refractivity contribution >= 4 is 29.6 Å². The summed E-state index contributed by atoms with van der Waals surface area (Å²) in [6.07, 6.45) is 7.46. The van der Waals surface area contributed by atoms with E-state index in [0.29, 0.717) is 25.8 Å². The molecule has 0 spiro atoms. The lowest BCUT2D eigenvalue weighted by molar-refractivity contribution is -0.133. The molecule has 3 atom stereocenters. The first-order valence-corrected chi connectivity index (χ1v) is 13.9. The lowest BCUT2D eigenvalue weighted by Gasteiger charge is -2.37. The Morgan fingerprint density at radius 1 is 1.02 bits per heavy atom. The van der Waals surface area contributed by atoms with Gasteiger partial charge in [0.1, 0.15) is 18.1 Å². The smallest absolute Gasteiger partial charge is 0.347 e. The molecule has 1 saturated carbocycles. The quantitative estimate of drug-likeness (QED) is 0.222. The zero-order chi connectivity index (χ0) is 29.1. The summed E-state index contributed by atoms with van der Waals surface area (Å²) < 4.78 is 1.03. The first-order valence-electron chi connectivity index (χ1n) is 13.9. The fraction of sp³-hybridized carbons (Fsp3) is 0.556. The van der Waals surface area contributed by atoms with E-state index in [2.05, 4.69) is 20.9 Å². The SMILES string of the molecule is CC(C(=O)NC(CCCCN)C(=O)NC(Cc1ccccc1)C(N)=O)N(C(=O)n1cc(N)nn1)C1CCCCC1. The zero-order valence-electron chi connectivity index (χ0n) is 23.0. The fourth-order valence-electron chi connectivity index (χ4n) is 5.01. The van der Waals surface area contributed by atoms with E-state index in [-0.39, 0.29) is 18.3 Å². The number of aromatic nitrogens is 3. The van der Waals surface area contributed by atoms with Crippen LogP contribution in [0, 0.1) is 0 Å². The Balaban J connectivity index is 1.77. The van der Waals surface area contributed by atoms with Crippen molar-refractivity contribution in [1.82, 2.24) is 30.5 Å². The molecule has 13 heteroatoms. The van der Waals surface area contributed by atoms with Gasteiger partial charge in [-0.1, -0.05) is 54.8 Å². The number of unbranched alkanes of at least 4 members (excludes halogenated alkanes) is 1. The second-order valence-electron chi connectivity index (χ2n) is 10.2. The second-order valence-corrected chi connectivity index (χ2v) is 10.2. The van der Waals surface area contributed by atoms with Crippen LogP contribution in [-0.4, -0.2) is 74.4 Å². The van der Waals surface area contributed by atoms with Crippen LogP contribution in [0.2, 0.25) is 0 Å². The largest absolute Gasteiger partial charge is 0.381 e. The average Bonchev–Trinajstić information content (AvgIpc) is 3.39. The summed E-state index contributed by atoms with van der Waals surface area (Å²) >= 11 is 0.